The second-order valence-electron chi connectivity index (χ2n) is 3.64. The summed E-state index contributed by atoms with van der Waals surface area (Å²) >= 11 is 0. The van der Waals surface area contributed by atoms with Crippen LogP contribution in [0.25, 0.3) is 0 Å². The van der Waals surface area contributed by atoms with Crippen molar-refractivity contribution in [2.45, 2.75) is 34.6 Å². The fourth-order valence-electron chi connectivity index (χ4n) is 1.33. The Hall–Kier alpha value is -0.830. The van der Waals surface area contributed by atoms with Gasteiger partial charge >= 0.3 is 0 Å². The Balaban J connectivity index is 4.83. The first-order valence-corrected chi connectivity index (χ1v) is 4.64. The molecule has 13 heavy (non-hydrogen) atoms. The molecule has 0 atom stereocenters. The average Bonchev–Trinajstić information content (AvgIpc) is 2.03. The van der Waals surface area contributed by atoms with Crippen molar-refractivity contribution in [2.75, 3.05) is 0 Å². The molecule has 0 amide bonds. The molecule has 0 saturated heterocycles. The van der Waals surface area contributed by atoms with E-state index in [1.807, 2.05) is 6.92 Å². The van der Waals surface area contributed by atoms with Crippen LogP contribution < -0.4 is 5.90 Å². The number of nitrogens with two attached hydrogens (primary N) is 1. The van der Waals surface area contributed by atoms with E-state index in [-0.39, 0.29) is 0 Å². The summed E-state index contributed by atoms with van der Waals surface area (Å²) < 4.78 is 0. The van der Waals surface area contributed by atoms with Gasteiger partial charge in [-0.15, -0.1) is 5.90 Å². The predicted octanol–water partition coefficient (Wildman–Crippen LogP) is 2.49. The summed E-state index contributed by atoms with van der Waals surface area (Å²) in [5.41, 5.74) is 2.13. The number of rotatable bonds is 4. The van der Waals surface area contributed by atoms with Crippen LogP contribution >= 0.6 is 0 Å². The van der Waals surface area contributed by atoms with Crippen LogP contribution in [0.15, 0.2) is 16.8 Å². The lowest BCUT2D eigenvalue weighted by Crippen LogP contribution is -2.16. The van der Waals surface area contributed by atoms with Crippen molar-refractivity contribution in [3.05, 3.63) is 11.6 Å². The lowest BCUT2D eigenvalue weighted by molar-refractivity contribution is 0.147. The third-order valence-corrected chi connectivity index (χ3v) is 1.93. The highest BCUT2D eigenvalue weighted by molar-refractivity contribution is 6.01. The minimum Gasteiger partial charge on any atom is -0.302 e. The van der Waals surface area contributed by atoms with Crippen LogP contribution in [0.5, 0.6) is 0 Å². The number of nitrogens with zero attached hydrogens (tertiary/aromatic N) is 1. The highest BCUT2D eigenvalue weighted by atomic mass is 16.7. The van der Waals surface area contributed by atoms with Gasteiger partial charge < -0.3 is 4.94 Å². The number of hydrogen-bond donors (Lipinski definition) is 1. The second-order valence-corrected chi connectivity index (χ2v) is 3.64. The molecular weight excluding hydrogens is 164 g/mol. The molecule has 0 spiro atoms. The van der Waals surface area contributed by atoms with Crippen LogP contribution in [0.4, 0.5) is 0 Å². The molecule has 0 aliphatic rings. The quantitative estimate of drug-likeness (QED) is 0.539. The van der Waals surface area contributed by atoms with Gasteiger partial charge in [-0.2, -0.15) is 0 Å². The molecule has 3 nitrogen and oxygen atoms in total. The van der Waals surface area contributed by atoms with Crippen LogP contribution in [0, 0.1) is 11.8 Å². The summed E-state index contributed by atoms with van der Waals surface area (Å²) in [6.07, 6.45) is 2.06. The summed E-state index contributed by atoms with van der Waals surface area (Å²) in [6, 6.07) is 0. The van der Waals surface area contributed by atoms with Crippen molar-refractivity contribution in [3.8, 4) is 0 Å². The van der Waals surface area contributed by atoms with E-state index < -0.39 is 0 Å². The summed E-state index contributed by atoms with van der Waals surface area (Å²) in [5.74, 6) is 5.72. The molecule has 76 valence electrons. The van der Waals surface area contributed by atoms with Gasteiger partial charge in [-0.25, -0.2) is 0 Å². The molecule has 0 aromatic heterocycles. The molecular formula is C10H20N2O. The third-order valence-electron chi connectivity index (χ3n) is 1.93. The molecule has 0 aliphatic heterocycles. The molecule has 2 N–H and O–H groups in total. The number of allylic oxidation sites excluding steroid dienone is 2. The molecule has 0 aliphatic carbocycles. The molecule has 0 fully saturated rings. The summed E-state index contributed by atoms with van der Waals surface area (Å²) in [5, 5.41) is 3.84. The maximum Gasteiger partial charge on any atom is 0.0878 e. The highest BCUT2D eigenvalue weighted by Crippen LogP contribution is 2.16. The molecule has 0 heterocycles. The van der Waals surface area contributed by atoms with Gasteiger partial charge in [0.25, 0.3) is 0 Å². The molecule has 0 bridgehead atoms. The monoisotopic (exact) mass is 184 g/mol. The topological polar surface area (TPSA) is 47.6 Å². The first-order chi connectivity index (χ1) is 6.04. The standard InChI is InChI=1S/C10H20N2O/c1-6-9(7(2)3)10(8(4)5)12-13-11/h6-8H,11H2,1-5H3/b9-6-,12-10-. The molecule has 0 unspecified atom stereocenters. The summed E-state index contributed by atoms with van der Waals surface area (Å²) in [4.78, 5) is 4.35. The Morgan fingerprint density at radius 1 is 1.23 bits per heavy atom. The maximum absolute atomic E-state index is 4.95. The van der Waals surface area contributed by atoms with Crippen LogP contribution in [-0.4, -0.2) is 5.71 Å². The Morgan fingerprint density at radius 2 is 1.77 bits per heavy atom. The van der Waals surface area contributed by atoms with Gasteiger partial charge in [-0.3, -0.25) is 0 Å². The Morgan fingerprint density at radius 3 is 2.00 bits per heavy atom. The zero-order valence-corrected chi connectivity index (χ0v) is 9.16. The normalized spacial score (nSPS) is 14.2. The van der Waals surface area contributed by atoms with Gasteiger partial charge in [0, 0.05) is 0 Å². The van der Waals surface area contributed by atoms with Crippen LogP contribution in [0.1, 0.15) is 34.6 Å². The highest BCUT2D eigenvalue weighted by Gasteiger charge is 2.14. The SMILES string of the molecule is C/C=C(\C(=N/ON)C(C)C)C(C)C. The van der Waals surface area contributed by atoms with Crippen molar-refractivity contribution < 1.29 is 4.94 Å². The van der Waals surface area contributed by atoms with Crippen LogP contribution in [0.2, 0.25) is 0 Å². The lowest BCUT2D eigenvalue weighted by atomic mass is 9.92. The van der Waals surface area contributed by atoms with E-state index in [1.54, 1.807) is 0 Å². The first kappa shape index (κ1) is 12.2. The number of hydrogen-bond acceptors (Lipinski definition) is 3. The zero-order valence-electron chi connectivity index (χ0n) is 9.16. The van der Waals surface area contributed by atoms with E-state index in [1.165, 1.54) is 5.57 Å². The Labute approximate surface area is 80.6 Å². The molecule has 0 aromatic rings. The van der Waals surface area contributed by atoms with Gasteiger partial charge in [0.15, 0.2) is 0 Å². The van der Waals surface area contributed by atoms with Crippen molar-refractivity contribution in [2.24, 2.45) is 22.9 Å². The van der Waals surface area contributed by atoms with Crippen LogP contribution in [-0.2, 0) is 4.94 Å². The second kappa shape index (κ2) is 5.75. The molecule has 3 heteroatoms. The Kier molecular flexibility index (Phi) is 5.39. The zero-order chi connectivity index (χ0) is 10.4. The number of oxime groups is 1. The fraction of sp³-hybridized carbons (Fsp3) is 0.700. The van der Waals surface area contributed by atoms with E-state index in [0.717, 1.165) is 5.71 Å². The molecule has 0 saturated carbocycles. The van der Waals surface area contributed by atoms with Gasteiger partial charge in [0.2, 0.25) is 0 Å². The van der Waals surface area contributed by atoms with Gasteiger partial charge in [-0.1, -0.05) is 38.9 Å². The van der Waals surface area contributed by atoms with Crippen LogP contribution in [0.3, 0.4) is 0 Å². The van der Waals surface area contributed by atoms with Crippen molar-refractivity contribution in [1.29, 1.82) is 0 Å². The van der Waals surface area contributed by atoms with E-state index in [9.17, 15) is 0 Å². The maximum atomic E-state index is 4.95. The fourth-order valence-corrected chi connectivity index (χ4v) is 1.33. The Bertz CT molecular complexity index is 205. The predicted molar refractivity (Wildman–Crippen MR) is 56.1 cm³/mol. The largest absolute Gasteiger partial charge is 0.302 e. The van der Waals surface area contributed by atoms with Gasteiger partial charge in [0.1, 0.15) is 0 Å². The summed E-state index contributed by atoms with van der Waals surface area (Å²) in [7, 11) is 0. The van der Waals surface area contributed by atoms with Crippen molar-refractivity contribution >= 4 is 5.71 Å². The van der Waals surface area contributed by atoms with E-state index in [0.29, 0.717) is 11.8 Å². The van der Waals surface area contributed by atoms with E-state index >= 15 is 0 Å². The third kappa shape index (κ3) is 3.59. The van der Waals surface area contributed by atoms with E-state index in [4.69, 9.17) is 5.90 Å². The van der Waals surface area contributed by atoms with Gasteiger partial charge in [0.05, 0.1) is 5.71 Å². The van der Waals surface area contributed by atoms with E-state index in [2.05, 4.69) is 43.9 Å². The van der Waals surface area contributed by atoms with Crippen molar-refractivity contribution in [3.63, 3.8) is 0 Å². The summed E-state index contributed by atoms with van der Waals surface area (Å²) in [6.45, 7) is 10.4. The smallest absolute Gasteiger partial charge is 0.0878 e. The minimum absolute atomic E-state index is 0.331. The molecule has 0 radical (unpaired) electrons. The minimum atomic E-state index is 0.331. The van der Waals surface area contributed by atoms with Crippen molar-refractivity contribution in [1.82, 2.24) is 0 Å². The molecule has 0 rings (SSSR count). The average molecular weight is 184 g/mol. The first-order valence-electron chi connectivity index (χ1n) is 4.64. The lowest BCUT2D eigenvalue weighted by Gasteiger charge is -2.15. The molecule has 0 aromatic carbocycles. The van der Waals surface area contributed by atoms with Gasteiger partial charge in [-0.05, 0) is 24.3 Å².